The molecule has 0 aliphatic carbocycles. The fourth-order valence-electron chi connectivity index (χ4n) is 0.242. The summed E-state index contributed by atoms with van der Waals surface area (Å²) in [7, 11) is 0. The van der Waals surface area contributed by atoms with Gasteiger partial charge in [0.1, 0.15) is 5.92 Å². The van der Waals surface area contributed by atoms with E-state index in [-0.39, 0.29) is 6.29 Å². The van der Waals surface area contributed by atoms with Gasteiger partial charge in [0.25, 0.3) is 0 Å². The Morgan fingerprint density at radius 3 is 2.11 bits per heavy atom. The van der Waals surface area contributed by atoms with E-state index in [0.717, 1.165) is 0 Å². The summed E-state index contributed by atoms with van der Waals surface area (Å²) in [5.41, 5.74) is 4.69. The molecule has 0 rings (SSSR count). The first-order valence-corrected chi connectivity index (χ1v) is 2.38. The van der Waals surface area contributed by atoms with E-state index >= 15 is 0 Å². The highest BCUT2D eigenvalue weighted by Crippen LogP contribution is 1.90. The third kappa shape index (κ3) is 2.03. The molecule has 0 fully saturated rings. The quantitative estimate of drug-likeness (QED) is 0.297. The monoisotopic (exact) mass is 129 g/mol. The van der Waals surface area contributed by atoms with Gasteiger partial charge in [-0.05, 0) is 6.92 Å². The molecule has 4 nitrogen and oxygen atoms in total. The van der Waals surface area contributed by atoms with E-state index in [1.165, 1.54) is 6.92 Å². The summed E-state index contributed by atoms with van der Waals surface area (Å²) in [6.07, 6.45) is 0.0927. The van der Waals surface area contributed by atoms with Crippen LogP contribution in [0.2, 0.25) is 0 Å². The number of rotatable bonds is 3. The van der Waals surface area contributed by atoms with Gasteiger partial charge in [0.15, 0.2) is 6.29 Å². The summed E-state index contributed by atoms with van der Waals surface area (Å²) in [5.74, 6) is -2.53. The average molecular weight is 129 g/mol. The van der Waals surface area contributed by atoms with Gasteiger partial charge >= 0.3 is 0 Å². The number of amides is 1. The second-order valence-electron chi connectivity index (χ2n) is 1.64. The standard InChI is InChI=1S/C5H7NO3/c1-3(5(6)9)4(8)2-7/h2-3H,1H3,(H2,6,9). The minimum Gasteiger partial charge on any atom is -0.369 e. The molecule has 0 aliphatic heterocycles. The highest BCUT2D eigenvalue weighted by molar-refractivity contribution is 6.30. The van der Waals surface area contributed by atoms with Crippen LogP contribution in [0.3, 0.4) is 0 Å². The van der Waals surface area contributed by atoms with Gasteiger partial charge < -0.3 is 5.73 Å². The fraction of sp³-hybridized carbons (Fsp3) is 0.400. The summed E-state index contributed by atoms with van der Waals surface area (Å²) < 4.78 is 0. The predicted molar refractivity (Wildman–Crippen MR) is 29.4 cm³/mol. The van der Waals surface area contributed by atoms with Crippen molar-refractivity contribution in [2.24, 2.45) is 11.7 Å². The predicted octanol–water partition coefficient (Wildman–Crippen LogP) is -1.12. The maximum absolute atomic E-state index is 10.3. The highest BCUT2D eigenvalue weighted by Gasteiger charge is 2.16. The minimum atomic E-state index is -0.984. The summed E-state index contributed by atoms with van der Waals surface area (Å²) in [6, 6.07) is 0. The Kier molecular flexibility index (Phi) is 2.57. The Labute approximate surface area is 52.0 Å². The van der Waals surface area contributed by atoms with Crippen molar-refractivity contribution in [3.63, 3.8) is 0 Å². The third-order valence-corrected chi connectivity index (χ3v) is 0.970. The highest BCUT2D eigenvalue weighted by atomic mass is 16.2. The summed E-state index contributed by atoms with van der Waals surface area (Å²) in [4.78, 5) is 30.1. The molecule has 9 heavy (non-hydrogen) atoms. The van der Waals surface area contributed by atoms with Crippen molar-refractivity contribution in [1.82, 2.24) is 0 Å². The Hall–Kier alpha value is -1.19. The zero-order valence-electron chi connectivity index (χ0n) is 4.96. The molecular formula is C5H7NO3. The summed E-state index contributed by atoms with van der Waals surface area (Å²) in [6.45, 7) is 1.29. The van der Waals surface area contributed by atoms with Gasteiger partial charge in [-0.1, -0.05) is 0 Å². The molecule has 0 aromatic rings. The molecule has 0 heterocycles. The molecule has 1 amide bonds. The van der Waals surface area contributed by atoms with Crippen molar-refractivity contribution >= 4 is 18.0 Å². The molecule has 0 bridgehead atoms. The van der Waals surface area contributed by atoms with Crippen LogP contribution in [0, 0.1) is 5.92 Å². The SMILES string of the molecule is CC(C(N)=O)C(=O)C=O. The van der Waals surface area contributed by atoms with Crippen molar-refractivity contribution in [3.05, 3.63) is 0 Å². The number of carbonyl (C=O) groups is 3. The summed E-state index contributed by atoms with van der Waals surface area (Å²) >= 11 is 0. The second kappa shape index (κ2) is 2.96. The van der Waals surface area contributed by atoms with Crippen LogP contribution < -0.4 is 5.73 Å². The maximum atomic E-state index is 10.3. The zero-order valence-corrected chi connectivity index (χ0v) is 4.96. The molecule has 0 saturated heterocycles. The van der Waals surface area contributed by atoms with Crippen molar-refractivity contribution in [3.8, 4) is 0 Å². The van der Waals surface area contributed by atoms with Gasteiger partial charge in [0.2, 0.25) is 11.7 Å². The fourth-order valence-corrected chi connectivity index (χ4v) is 0.242. The number of Topliss-reactive ketones (excluding diaryl/α,β-unsaturated/α-hetero) is 1. The second-order valence-corrected chi connectivity index (χ2v) is 1.64. The van der Waals surface area contributed by atoms with Crippen molar-refractivity contribution < 1.29 is 14.4 Å². The molecule has 2 N–H and O–H groups in total. The first kappa shape index (κ1) is 7.81. The number of primary amides is 1. The Bertz CT molecular complexity index is 152. The lowest BCUT2D eigenvalue weighted by molar-refractivity contribution is -0.136. The lowest BCUT2D eigenvalue weighted by atomic mass is 10.1. The maximum Gasteiger partial charge on any atom is 0.228 e. The number of carbonyl (C=O) groups excluding carboxylic acids is 3. The number of aldehydes is 1. The number of hydrogen-bond donors (Lipinski definition) is 1. The molecule has 0 radical (unpaired) electrons. The van der Waals surface area contributed by atoms with E-state index < -0.39 is 17.6 Å². The normalized spacial score (nSPS) is 12.1. The van der Waals surface area contributed by atoms with Crippen LogP contribution in [0.4, 0.5) is 0 Å². The smallest absolute Gasteiger partial charge is 0.228 e. The Morgan fingerprint density at radius 2 is 2.00 bits per heavy atom. The molecule has 1 atom stereocenters. The van der Waals surface area contributed by atoms with Crippen LogP contribution in [0.5, 0.6) is 0 Å². The van der Waals surface area contributed by atoms with E-state index in [1.54, 1.807) is 0 Å². The number of nitrogens with two attached hydrogens (primary N) is 1. The van der Waals surface area contributed by atoms with Crippen LogP contribution in [-0.4, -0.2) is 18.0 Å². The van der Waals surface area contributed by atoms with Gasteiger partial charge in [0, 0.05) is 0 Å². The van der Waals surface area contributed by atoms with Gasteiger partial charge in [-0.15, -0.1) is 0 Å². The van der Waals surface area contributed by atoms with Crippen LogP contribution in [0.25, 0.3) is 0 Å². The van der Waals surface area contributed by atoms with E-state index in [4.69, 9.17) is 5.73 Å². The molecule has 0 aromatic carbocycles. The largest absolute Gasteiger partial charge is 0.369 e. The molecule has 0 spiro atoms. The van der Waals surface area contributed by atoms with Crippen LogP contribution in [-0.2, 0) is 14.4 Å². The summed E-state index contributed by atoms with van der Waals surface area (Å²) in [5, 5.41) is 0. The molecule has 50 valence electrons. The molecular weight excluding hydrogens is 122 g/mol. The first-order valence-electron chi connectivity index (χ1n) is 2.38. The van der Waals surface area contributed by atoms with Crippen LogP contribution >= 0.6 is 0 Å². The van der Waals surface area contributed by atoms with Gasteiger partial charge in [-0.2, -0.15) is 0 Å². The van der Waals surface area contributed by atoms with Gasteiger partial charge in [-0.25, -0.2) is 0 Å². The van der Waals surface area contributed by atoms with Crippen molar-refractivity contribution in [1.29, 1.82) is 0 Å². The molecule has 0 aromatic heterocycles. The van der Waals surface area contributed by atoms with E-state index in [1.807, 2.05) is 0 Å². The topological polar surface area (TPSA) is 77.2 Å². The lowest BCUT2D eigenvalue weighted by Crippen LogP contribution is -2.28. The molecule has 0 aliphatic rings. The zero-order chi connectivity index (χ0) is 7.44. The van der Waals surface area contributed by atoms with Crippen LogP contribution in [0.15, 0.2) is 0 Å². The number of hydrogen-bond acceptors (Lipinski definition) is 3. The molecule has 4 heteroatoms. The van der Waals surface area contributed by atoms with Crippen molar-refractivity contribution in [2.75, 3.05) is 0 Å². The lowest BCUT2D eigenvalue weighted by Gasteiger charge is -1.96. The van der Waals surface area contributed by atoms with Gasteiger partial charge in [0.05, 0.1) is 0 Å². The van der Waals surface area contributed by atoms with Gasteiger partial charge in [-0.3, -0.25) is 14.4 Å². The third-order valence-electron chi connectivity index (χ3n) is 0.970. The first-order chi connectivity index (χ1) is 4.09. The Balaban J connectivity index is 4.03. The average Bonchev–Trinajstić information content (AvgIpc) is 1.84. The minimum absolute atomic E-state index is 0.0927. The molecule has 1 unspecified atom stereocenters. The van der Waals surface area contributed by atoms with E-state index in [9.17, 15) is 14.4 Å². The number of ketones is 1. The van der Waals surface area contributed by atoms with E-state index in [2.05, 4.69) is 0 Å². The van der Waals surface area contributed by atoms with E-state index in [0.29, 0.717) is 0 Å². The molecule has 0 saturated carbocycles. The van der Waals surface area contributed by atoms with Crippen LogP contribution in [0.1, 0.15) is 6.92 Å². The van der Waals surface area contributed by atoms with Crippen molar-refractivity contribution in [2.45, 2.75) is 6.92 Å². The Morgan fingerprint density at radius 1 is 1.56 bits per heavy atom.